The molecule has 0 saturated carbocycles. The van der Waals surface area contributed by atoms with Gasteiger partial charge in [-0.05, 0) is 41.7 Å². The zero-order valence-corrected chi connectivity index (χ0v) is 18.8. The van der Waals surface area contributed by atoms with E-state index in [9.17, 15) is 13.2 Å². The molecule has 0 spiro atoms. The Morgan fingerprint density at radius 3 is 2.15 bits per heavy atom. The van der Waals surface area contributed by atoms with Crippen molar-refractivity contribution in [1.82, 2.24) is 4.72 Å². The molecule has 0 fully saturated rings. The van der Waals surface area contributed by atoms with E-state index in [0.29, 0.717) is 24.3 Å². The number of aliphatic carboxylic acids is 1. The van der Waals surface area contributed by atoms with Gasteiger partial charge in [0.05, 0.1) is 5.75 Å². The zero-order chi connectivity index (χ0) is 23.3. The topological polar surface area (TPSA) is 92.7 Å². The van der Waals surface area contributed by atoms with Crippen molar-refractivity contribution < 1.29 is 23.1 Å². The van der Waals surface area contributed by atoms with Gasteiger partial charge in [-0.1, -0.05) is 72.8 Å². The molecule has 0 aromatic heterocycles. The van der Waals surface area contributed by atoms with Crippen LogP contribution in [0.2, 0.25) is 0 Å². The predicted molar refractivity (Wildman–Crippen MR) is 128 cm³/mol. The molecule has 6 nitrogen and oxygen atoms in total. The standard InChI is InChI=1S/C26H25NO5S/c28-26(29)17-32-25-13-7-12-21-16-22(14-15-23(21)25)27-33(30,31)18-24(19-8-3-1-4-9-19)20-10-5-2-6-11-20/h1-13,16,24,27H,14-15,17-18H2,(H,28,29). The number of benzene rings is 3. The van der Waals surface area contributed by atoms with E-state index in [4.69, 9.17) is 9.84 Å². The van der Waals surface area contributed by atoms with Gasteiger partial charge in [-0.3, -0.25) is 4.72 Å². The normalized spacial score (nSPS) is 13.2. The summed E-state index contributed by atoms with van der Waals surface area (Å²) >= 11 is 0. The number of sulfonamides is 1. The molecule has 1 aliphatic carbocycles. The molecule has 0 unspecified atom stereocenters. The van der Waals surface area contributed by atoms with Crippen LogP contribution in [0.1, 0.15) is 34.6 Å². The highest BCUT2D eigenvalue weighted by atomic mass is 32.2. The number of hydrogen-bond acceptors (Lipinski definition) is 4. The van der Waals surface area contributed by atoms with Gasteiger partial charge in [-0.2, -0.15) is 0 Å². The van der Waals surface area contributed by atoms with E-state index in [-0.39, 0.29) is 11.7 Å². The number of carbonyl (C=O) groups is 1. The monoisotopic (exact) mass is 463 g/mol. The second-order valence-electron chi connectivity index (χ2n) is 7.93. The fraction of sp³-hybridized carbons (Fsp3) is 0.192. The van der Waals surface area contributed by atoms with Crippen LogP contribution in [0.25, 0.3) is 6.08 Å². The van der Waals surface area contributed by atoms with E-state index >= 15 is 0 Å². The van der Waals surface area contributed by atoms with E-state index in [1.807, 2.05) is 66.7 Å². The molecule has 2 N–H and O–H groups in total. The average Bonchev–Trinajstić information content (AvgIpc) is 2.82. The van der Waals surface area contributed by atoms with Crippen LogP contribution in [0.4, 0.5) is 0 Å². The highest BCUT2D eigenvalue weighted by molar-refractivity contribution is 7.89. The minimum Gasteiger partial charge on any atom is -0.482 e. The van der Waals surface area contributed by atoms with Gasteiger partial charge >= 0.3 is 5.97 Å². The number of carboxylic acids is 1. The van der Waals surface area contributed by atoms with Gasteiger partial charge in [0, 0.05) is 17.2 Å². The molecular formula is C26H25NO5S. The number of carboxylic acid groups (broad SMARTS) is 1. The summed E-state index contributed by atoms with van der Waals surface area (Å²) in [4.78, 5) is 10.8. The van der Waals surface area contributed by atoms with Crippen molar-refractivity contribution in [3.63, 3.8) is 0 Å². The van der Waals surface area contributed by atoms with Crippen molar-refractivity contribution >= 4 is 22.1 Å². The summed E-state index contributed by atoms with van der Waals surface area (Å²) in [6.45, 7) is -0.417. The Hall–Kier alpha value is -3.58. The molecule has 3 aromatic rings. The highest BCUT2D eigenvalue weighted by Gasteiger charge is 2.24. The molecule has 0 bridgehead atoms. The van der Waals surface area contributed by atoms with Crippen molar-refractivity contribution in [2.75, 3.05) is 12.4 Å². The number of nitrogens with one attached hydrogen (secondary N) is 1. The first-order chi connectivity index (χ1) is 15.9. The lowest BCUT2D eigenvalue weighted by molar-refractivity contribution is -0.139. The van der Waals surface area contributed by atoms with Gasteiger partial charge in [0.25, 0.3) is 0 Å². The molecule has 33 heavy (non-hydrogen) atoms. The molecular weight excluding hydrogens is 438 g/mol. The summed E-state index contributed by atoms with van der Waals surface area (Å²) in [5.41, 5.74) is 4.20. The fourth-order valence-electron chi connectivity index (χ4n) is 4.08. The van der Waals surface area contributed by atoms with Crippen LogP contribution in [0.15, 0.2) is 84.6 Å². The highest BCUT2D eigenvalue weighted by Crippen LogP contribution is 2.31. The molecule has 1 aliphatic rings. The van der Waals surface area contributed by atoms with Gasteiger partial charge in [0.1, 0.15) is 5.75 Å². The Morgan fingerprint density at radius 1 is 0.909 bits per heavy atom. The van der Waals surface area contributed by atoms with Gasteiger partial charge in [0.15, 0.2) is 6.61 Å². The number of fused-ring (bicyclic) bond motifs is 1. The first-order valence-electron chi connectivity index (χ1n) is 10.7. The van der Waals surface area contributed by atoms with Crippen LogP contribution in [-0.4, -0.2) is 31.9 Å². The third kappa shape index (κ3) is 5.81. The molecule has 170 valence electrons. The zero-order valence-electron chi connectivity index (χ0n) is 18.0. The van der Waals surface area contributed by atoms with Crippen molar-refractivity contribution in [3.05, 3.63) is 107 Å². The minimum absolute atomic E-state index is 0.0764. The summed E-state index contributed by atoms with van der Waals surface area (Å²) in [7, 11) is -3.64. The molecule has 0 saturated heterocycles. The maximum atomic E-state index is 13.2. The number of allylic oxidation sites excluding steroid dienone is 1. The van der Waals surface area contributed by atoms with E-state index in [0.717, 1.165) is 22.3 Å². The molecule has 0 aliphatic heterocycles. The smallest absolute Gasteiger partial charge is 0.341 e. The molecule has 0 heterocycles. The van der Waals surface area contributed by atoms with Gasteiger partial charge in [0.2, 0.25) is 10.0 Å². The van der Waals surface area contributed by atoms with Crippen LogP contribution >= 0.6 is 0 Å². The summed E-state index contributed by atoms with van der Waals surface area (Å²) in [6.07, 6.45) is 2.84. The van der Waals surface area contributed by atoms with Gasteiger partial charge in [-0.25, -0.2) is 13.2 Å². The molecule has 0 atom stereocenters. The lowest BCUT2D eigenvalue weighted by Crippen LogP contribution is -2.30. The van der Waals surface area contributed by atoms with E-state index in [2.05, 4.69) is 4.72 Å². The average molecular weight is 464 g/mol. The quantitative estimate of drug-likeness (QED) is 0.496. The molecule has 7 heteroatoms. The van der Waals surface area contributed by atoms with E-state index in [1.165, 1.54) is 0 Å². The van der Waals surface area contributed by atoms with Crippen molar-refractivity contribution in [3.8, 4) is 5.75 Å². The Balaban J connectivity index is 1.55. The maximum absolute atomic E-state index is 13.2. The van der Waals surface area contributed by atoms with Crippen LogP contribution in [0, 0.1) is 0 Å². The molecule has 3 aromatic carbocycles. The number of ether oxygens (including phenoxy) is 1. The third-order valence-electron chi connectivity index (χ3n) is 5.57. The Labute approximate surface area is 193 Å². The third-order valence-corrected chi connectivity index (χ3v) is 6.92. The molecule has 0 amide bonds. The lowest BCUT2D eigenvalue weighted by Gasteiger charge is -2.22. The summed E-state index contributed by atoms with van der Waals surface area (Å²) < 4.78 is 34.5. The van der Waals surface area contributed by atoms with Crippen LogP contribution in [0.3, 0.4) is 0 Å². The summed E-state index contributed by atoms with van der Waals surface area (Å²) in [5.74, 6) is -0.898. The largest absolute Gasteiger partial charge is 0.482 e. The molecule has 4 rings (SSSR count). The Morgan fingerprint density at radius 2 is 1.55 bits per heavy atom. The summed E-state index contributed by atoms with van der Waals surface area (Å²) in [6, 6.07) is 24.6. The Kier molecular flexibility index (Phi) is 6.79. The van der Waals surface area contributed by atoms with Gasteiger partial charge < -0.3 is 9.84 Å². The lowest BCUT2D eigenvalue weighted by atomic mass is 9.93. The van der Waals surface area contributed by atoms with Crippen molar-refractivity contribution in [2.24, 2.45) is 0 Å². The van der Waals surface area contributed by atoms with Crippen LogP contribution in [-0.2, 0) is 21.2 Å². The Bertz CT molecular complexity index is 1210. The minimum atomic E-state index is -3.64. The maximum Gasteiger partial charge on any atom is 0.341 e. The first-order valence-corrected chi connectivity index (χ1v) is 12.3. The molecule has 0 radical (unpaired) electrons. The fourth-order valence-corrected chi connectivity index (χ4v) is 5.54. The van der Waals surface area contributed by atoms with Crippen LogP contribution in [0.5, 0.6) is 5.75 Å². The van der Waals surface area contributed by atoms with E-state index in [1.54, 1.807) is 18.2 Å². The first kappa shape index (κ1) is 22.6. The number of rotatable bonds is 9. The van der Waals surface area contributed by atoms with E-state index < -0.39 is 22.6 Å². The number of hydrogen-bond donors (Lipinski definition) is 2. The summed E-state index contributed by atoms with van der Waals surface area (Å²) in [5, 5.41) is 8.87. The van der Waals surface area contributed by atoms with Crippen molar-refractivity contribution in [1.29, 1.82) is 0 Å². The van der Waals surface area contributed by atoms with Crippen molar-refractivity contribution in [2.45, 2.75) is 18.8 Å². The van der Waals surface area contributed by atoms with Crippen LogP contribution < -0.4 is 9.46 Å². The second kappa shape index (κ2) is 9.92. The van der Waals surface area contributed by atoms with Gasteiger partial charge in [-0.15, -0.1) is 0 Å². The predicted octanol–water partition coefficient (Wildman–Crippen LogP) is 4.19. The SMILES string of the molecule is O=C(O)COc1cccc2c1CCC(NS(=O)(=O)CC(c1ccccc1)c1ccccc1)=C2. The second-order valence-corrected chi connectivity index (χ2v) is 9.70.